The Hall–Kier alpha value is -2.19. The normalized spacial score (nSPS) is 25.6. The standard InChI is InChI=1S/C33H46N2O2/c1-2-3-4-5-6-7-8-9-10-17-23-33(27-34)24-22-31(36-25-28-18-13-11-14-19-28)32-35(33)30(26-37-32)29-20-15-12-16-21-29/h11-16,18-21,30-32H,2-10,17,22-26H2,1H3/t30-,31+,32+,33?/m0/s1. The van der Waals surface area contributed by atoms with Crippen LogP contribution in [-0.4, -0.2) is 29.4 Å². The van der Waals surface area contributed by atoms with Crippen molar-refractivity contribution in [3.8, 4) is 6.07 Å². The van der Waals surface area contributed by atoms with Gasteiger partial charge in [-0.2, -0.15) is 5.26 Å². The molecule has 0 aromatic heterocycles. The summed E-state index contributed by atoms with van der Waals surface area (Å²) in [7, 11) is 0. The van der Waals surface area contributed by atoms with Gasteiger partial charge in [-0.15, -0.1) is 0 Å². The summed E-state index contributed by atoms with van der Waals surface area (Å²) in [6.45, 7) is 3.46. The summed E-state index contributed by atoms with van der Waals surface area (Å²) in [6, 6.07) is 23.8. The average Bonchev–Trinajstić information content (AvgIpc) is 3.41. The quantitative estimate of drug-likeness (QED) is 0.230. The Labute approximate surface area is 225 Å². The van der Waals surface area contributed by atoms with Gasteiger partial charge in [0.1, 0.15) is 11.8 Å². The number of hydrogen-bond acceptors (Lipinski definition) is 4. The van der Waals surface area contributed by atoms with Crippen LogP contribution in [-0.2, 0) is 16.1 Å². The van der Waals surface area contributed by atoms with Crippen LogP contribution in [0, 0.1) is 11.3 Å². The number of benzene rings is 2. The molecule has 0 aliphatic carbocycles. The van der Waals surface area contributed by atoms with Crippen molar-refractivity contribution in [1.82, 2.24) is 4.90 Å². The van der Waals surface area contributed by atoms with E-state index in [4.69, 9.17) is 9.47 Å². The zero-order valence-corrected chi connectivity index (χ0v) is 22.8. The molecule has 200 valence electrons. The van der Waals surface area contributed by atoms with Gasteiger partial charge in [-0.3, -0.25) is 0 Å². The summed E-state index contributed by atoms with van der Waals surface area (Å²) >= 11 is 0. The number of fused-ring (bicyclic) bond motifs is 1. The highest BCUT2D eigenvalue weighted by atomic mass is 16.6. The Kier molecular flexibility index (Phi) is 11.0. The minimum absolute atomic E-state index is 0.0249. The van der Waals surface area contributed by atoms with Crippen LogP contribution in [0.2, 0.25) is 0 Å². The van der Waals surface area contributed by atoms with Crippen LogP contribution in [0.3, 0.4) is 0 Å². The lowest BCUT2D eigenvalue weighted by molar-refractivity contribution is -0.155. The lowest BCUT2D eigenvalue weighted by atomic mass is 9.80. The molecule has 0 radical (unpaired) electrons. The summed E-state index contributed by atoms with van der Waals surface area (Å²) < 4.78 is 12.9. The molecule has 37 heavy (non-hydrogen) atoms. The van der Waals surface area contributed by atoms with Gasteiger partial charge in [-0.1, -0.05) is 132 Å². The molecule has 2 aliphatic rings. The van der Waals surface area contributed by atoms with E-state index >= 15 is 0 Å². The smallest absolute Gasteiger partial charge is 0.139 e. The molecule has 4 atom stereocenters. The number of nitrogens with zero attached hydrogens (tertiary/aromatic N) is 2. The fraction of sp³-hybridized carbons (Fsp3) is 0.606. The molecule has 4 heteroatoms. The molecule has 0 saturated carbocycles. The van der Waals surface area contributed by atoms with E-state index in [0.29, 0.717) is 13.2 Å². The van der Waals surface area contributed by atoms with Gasteiger partial charge < -0.3 is 9.47 Å². The van der Waals surface area contributed by atoms with E-state index in [2.05, 4.69) is 72.5 Å². The van der Waals surface area contributed by atoms with Crippen molar-refractivity contribution in [3.63, 3.8) is 0 Å². The molecular formula is C33H46N2O2. The van der Waals surface area contributed by atoms with E-state index in [-0.39, 0.29) is 18.4 Å². The van der Waals surface area contributed by atoms with E-state index < -0.39 is 5.54 Å². The van der Waals surface area contributed by atoms with Crippen molar-refractivity contribution in [2.24, 2.45) is 0 Å². The number of ether oxygens (including phenoxy) is 2. The molecule has 2 aliphatic heterocycles. The first kappa shape index (κ1) is 27.8. The van der Waals surface area contributed by atoms with E-state index in [1.165, 1.54) is 68.9 Å². The van der Waals surface area contributed by atoms with Gasteiger partial charge in [0.2, 0.25) is 0 Å². The van der Waals surface area contributed by atoms with Crippen molar-refractivity contribution in [2.45, 2.75) is 121 Å². The summed E-state index contributed by atoms with van der Waals surface area (Å²) in [5.74, 6) is 0. The first-order valence-electron chi connectivity index (χ1n) is 14.8. The maximum atomic E-state index is 10.6. The van der Waals surface area contributed by atoms with Gasteiger partial charge in [-0.05, 0) is 30.4 Å². The largest absolute Gasteiger partial charge is 0.369 e. The third kappa shape index (κ3) is 7.44. The summed E-state index contributed by atoms with van der Waals surface area (Å²) in [5, 5.41) is 10.6. The van der Waals surface area contributed by atoms with Crippen LogP contribution < -0.4 is 0 Å². The minimum Gasteiger partial charge on any atom is -0.369 e. The van der Waals surface area contributed by atoms with Gasteiger partial charge in [0.15, 0.2) is 0 Å². The number of unbranched alkanes of at least 4 members (excludes halogenated alkanes) is 9. The first-order chi connectivity index (χ1) is 18.3. The highest BCUT2D eigenvalue weighted by Gasteiger charge is 2.54. The molecule has 4 rings (SSSR count). The molecule has 0 N–H and O–H groups in total. The van der Waals surface area contributed by atoms with Crippen molar-refractivity contribution in [3.05, 3.63) is 71.8 Å². The molecule has 0 bridgehead atoms. The second kappa shape index (κ2) is 14.7. The summed E-state index contributed by atoms with van der Waals surface area (Å²) in [4.78, 5) is 2.40. The van der Waals surface area contributed by atoms with Crippen molar-refractivity contribution in [2.75, 3.05) is 6.61 Å². The predicted octanol–water partition coefficient (Wildman–Crippen LogP) is 8.34. The molecule has 2 fully saturated rings. The Bertz CT molecular complexity index is 944. The van der Waals surface area contributed by atoms with Crippen LogP contribution in [0.15, 0.2) is 60.7 Å². The lowest BCUT2D eigenvalue weighted by Crippen LogP contribution is -2.59. The number of nitriles is 1. The zero-order valence-electron chi connectivity index (χ0n) is 22.8. The molecule has 2 aromatic carbocycles. The molecular weight excluding hydrogens is 456 g/mol. The van der Waals surface area contributed by atoms with Crippen molar-refractivity contribution < 1.29 is 9.47 Å². The maximum Gasteiger partial charge on any atom is 0.139 e. The molecule has 1 unspecified atom stereocenters. The first-order valence-corrected chi connectivity index (χ1v) is 14.8. The van der Waals surface area contributed by atoms with Gasteiger partial charge in [0, 0.05) is 0 Å². The zero-order chi connectivity index (χ0) is 25.8. The Morgan fingerprint density at radius 1 is 0.892 bits per heavy atom. The van der Waals surface area contributed by atoms with Crippen LogP contribution in [0.5, 0.6) is 0 Å². The Morgan fingerprint density at radius 3 is 2.16 bits per heavy atom. The van der Waals surface area contributed by atoms with Crippen LogP contribution >= 0.6 is 0 Å². The molecule has 2 saturated heterocycles. The highest BCUT2D eigenvalue weighted by Crippen LogP contribution is 2.47. The third-order valence-electron chi connectivity index (χ3n) is 8.33. The SMILES string of the molecule is CCCCCCCCCCCCC1(C#N)CC[C@@H](OCc2ccccc2)[C@H]2OC[C@@H](c3ccccc3)N21. The second-order valence-corrected chi connectivity index (χ2v) is 11.0. The van der Waals surface area contributed by atoms with Gasteiger partial charge in [0.05, 0.1) is 31.4 Å². The monoisotopic (exact) mass is 502 g/mol. The van der Waals surface area contributed by atoms with Gasteiger partial charge >= 0.3 is 0 Å². The van der Waals surface area contributed by atoms with Crippen LogP contribution in [0.1, 0.15) is 108 Å². The Balaban J connectivity index is 1.37. The topological polar surface area (TPSA) is 45.5 Å². The summed E-state index contributed by atoms with van der Waals surface area (Å²) in [5.41, 5.74) is 1.92. The third-order valence-corrected chi connectivity index (χ3v) is 8.33. The van der Waals surface area contributed by atoms with Crippen molar-refractivity contribution in [1.29, 1.82) is 5.26 Å². The minimum atomic E-state index is -0.492. The van der Waals surface area contributed by atoms with E-state index in [1.54, 1.807) is 0 Å². The summed E-state index contributed by atoms with van der Waals surface area (Å²) in [6.07, 6.45) is 15.5. The van der Waals surface area contributed by atoms with Gasteiger partial charge in [-0.25, -0.2) is 4.90 Å². The Morgan fingerprint density at radius 2 is 1.51 bits per heavy atom. The number of rotatable bonds is 15. The average molecular weight is 503 g/mol. The molecule has 4 nitrogen and oxygen atoms in total. The van der Waals surface area contributed by atoms with Gasteiger partial charge in [0.25, 0.3) is 0 Å². The van der Waals surface area contributed by atoms with E-state index in [1.807, 2.05) is 6.07 Å². The van der Waals surface area contributed by atoms with E-state index in [0.717, 1.165) is 25.7 Å². The fourth-order valence-electron chi connectivity index (χ4n) is 6.21. The van der Waals surface area contributed by atoms with E-state index in [9.17, 15) is 5.26 Å². The number of piperidine rings is 1. The second-order valence-electron chi connectivity index (χ2n) is 11.0. The van der Waals surface area contributed by atoms with Crippen LogP contribution in [0.25, 0.3) is 0 Å². The fourth-order valence-corrected chi connectivity index (χ4v) is 6.21. The molecule has 0 spiro atoms. The highest BCUT2D eigenvalue weighted by molar-refractivity contribution is 5.25. The molecule has 2 heterocycles. The number of hydrogen-bond donors (Lipinski definition) is 0. The van der Waals surface area contributed by atoms with Crippen molar-refractivity contribution >= 4 is 0 Å². The molecule has 0 amide bonds. The molecule has 2 aromatic rings. The predicted molar refractivity (Wildman–Crippen MR) is 150 cm³/mol. The van der Waals surface area contributed by atoms with Crippen LogP contribution in [0.4, 0.5) is 0 Å². The lowest BCUT2D eigenvalue weighted by Gasteiger charge is -2.48. The maximum absolute atomic E-state index is 10.6.